The molecular formula is C13H23Cl2OSiTi. The Labute approximate surface area is 141 Å². The molecule has 0 heterocycles. The van der Waals surface area contributed by atoms with Gasteiger partial charge in [0.25, 0.3) is 0 Å². The van der Waals surface area contributed by atoms with E-state index in [9.17, 15) is 0 Å². The van der Waals surface area contributed by atoms with Crippen LogP contribution in [0.25, 0.3) is 0 Å². The number of allylic oxidation sites excluding steroid dienone is 4. The van der Waals surface area contributed by atoms with Gasteiger partial charge in [0.05, 0.1) is 8.80 Å². The summed E-state index contributed by atoms with van der Waals surface area (Å²) in [5.41, 5.74) is 1.93. The van der Waals surface area contributed by atoms with Crippen molar-refractivity contribution in [2.24, 2.45) is 0 Å². The molecule has 0 aromatic heterocycles. The molecule has 18 heavy (non-hydrogen) atoms. The molecule has 0 bridgehead atoms. The number of ether oxygens (including phenoxy) is 1. The third kappa shape index (κ3) is 9.83. The van der Waals surface area contributed by atoms with Crippen molar-refractivity contribution in [3.8, 4) is 0 Å². The van der Waals surface area contributed by atoms with Crippen LogP contribution < -0.4 is 24.8 Å². The topological polar surface area (TPSA) is 9.23 Å². The van der Waals surface area contributed by atoms with Crippen LogP contribution in [-0.4, -0.2) is 21.1 Å². The Bertz CT molecular complexity index is 245. The molecule has 0 saturated heterocycles. The van der Waals surface area contributed by atoms with Gasteiger partial charge in [0.15, 0.2) is 0 Å². The first-order chi connectivity index (χ1) is 7.24. The Balaban J connectivity index is -0.000000750. The SMILES string of the molecule is CCCOC(CCC1=[C-]CC=C1)[SiH](C)C.[Cl-].[Cl-].[Ti+3]. The van der Waals surface area contributed by atoms with E-state index in [-0.39, 0.29) is 46.5 Å². The molecule has 1 nitrogen and oxygen atoms in total. The molecule has 0 N–H and O–H groups in total. The van der Waals surface area contributed by atoms with E-state index >= 15 is 0 Å². The second-order valence-electron chi connectivity index (χ2n) is 4.50. The third-order valence-electron chi connectivity index (χ3n) is 2.74. The van der Waals surface area contributed by atoms with Crippen molar-refractivity contribution in [3.63, 3.8) is 0 Å². The normalized spacial score (nSPS) is 14.3. The van der Waals surface area contributed by atoms with Gasteiger partial charge in [0, 0.05) is 12.3 Å². The van der Waals surface area contributed by atoms with Crippen LogP contribution in [0.1, 0.15) is 32.6 Å². The Morgan fingerprint density at radius 2 is 2.06 bits per heavy atom. The van der Waals surface area contributed by atoms with E-state index in [2.05, 4.69) is 38.2 Å². The van der Waals surface area contributed by atoms with Crippen LogP contribution in [0, 0.1) is 6.08 Å². The molecule has 0 fully saturated rings. The minimum absolute atomic E-state index is 0. The number of hydrogen-bond donors (Lipinski definition) is 0. The molecule has 0 aromatic carbocycles. The van der Waals surface area contributed by atoms with Crippen molar-refractivity contribution in [3.05, 3.63) is 23.8 Å². The maximum Gasteiger partial charge on any atom is 3.00 e. The largest absolute Gasteiger partial charge is 3.00 e. The van der Waals surface area contributed by atoms with Crippen LogP contribution in [-0.2, 0) is 26.5 Å². The molecule has 5 heteroatoms. The van der Waals surface area contributed by atoms with Gasteiger partial charge in [-0.1, -0.05) is 26.4 Å². The van der Waals surface area contributed by atoms with Gasteiger partial charge in [0.1, 0.15) is 0 Å². The first-order valence-corrected chi connectivity index (χ1v) is 9.09. The maximum atomic E-state index is 5.91. The molecule has 1 rings (SSSR count). The molecule has 1 unspecified atom stereocenters. The van der Waals surface area contributed by atoms with Gasteiger partial charge in [-0.25, -0.2) is 11.6 Å². The van der Waals surface area contributed by atoms with Crippen LogP contribution in [0.3, 0.4) is 0 Å². The standard InChI is InChI=1S/C13H23OSi.2ClH.Ti/c1-4-11-14-13(15(2)3)10-9-12-7-5-6-8-12;;;/h5,7,13,15H,4,6,9-11H2,1-3H3;2*1H;/q-1;;;+3/p-2. The van der Waals surface area contributed by atoms with Crippen molar-refractivity contribution >= 4 is 8.80 Å². The van der Waals surface area contributed by atoms with Crippen LogP contribution >= 0.6 is 0 Å². The van der Waals surface area contributed by atoms with Gasteiger partial charge < -0.3 is 29.6 Å². The first kappa shape index (κ1) is 24.0. The van der Waals surface area contributed by atoms with Gasteiger partial charge in [0.2, 0.25) is 0 Å². The molecule has 1 radical (unpaired) electrons. The summed E-state index contributed by atoms with van der Waals surface area (Å²) in [6.07, 6.45) is 12.2. The van der Waals surface area contributed by atoms with Crippen LogP contribution in [0.2, 0.25) is 13.1 Å². The summed E-state index contributed by atoms with van der Waals surface area (Å²) < 4.78 is 5.91. The Kier molecular flexibility index (Phi) is 19.2. The van der Waals surface area contributed by atoms with Crippen LogP contribution in [0.5, 0.6) is 0 Å². The summed E-state index contributed by atoms with van der Waals surface area (Å²) >= 11 is 0. The summed E-state index contributed by atoms with van der Waals surface area (Å²) in [5.74, 6) is 0. The molecule has 0 aliphatic heterocycles. The van der Waals surface area contributed by atoms with Gasteiger partial charge in [-0.15, -0.1) is 6.42 Å². The molecule has 1 atom stereocenters. The van der Waals surface area contributed by atoms with Gasteiger partial charge in [-0.05, 0) is 12.8 Å². The number of rotatable bonds is 7. The first-order valence-electron chi connectivity index (χ1n) is 6.12. The summed E-state index contributed by atoms with van der Waals surface area (Å²) in [6, 6.07) is 0. The molecule has 103 valence electrons. The molecular weight excluding hydrogens is 319 g/mol. The summed E-state index contributed by atoms with van der Waals surface area (Å²) in [4.78, 5) is 0. The van der Waals surface area contributed by atoms with E-state index in [4.69, 9.17) is 4.74 Å². The van der Waals surface area contributed by atoms with E-state index in [0.29, 0.717) is 5.73 Å². The quantitative estimate of drug-likeness (QED) is 0.361. The fraction of sp³-hybridized carbons (Fsp3) is 0.692. The molecule has 0 amide bonds. The smallest absolute Gasteiger partial charge is 1.00 e. The van der Waals surface area contributed by atoms with E-state index in [1.165, 1.54) is 12.0 Å². The summed E-state index contributed by atoms with van der Waals surface area (Å²) in [7, 11) is -0.665. The van der Waals surface area contributed by atoms with Crippen molar-refractivity contribution in [2.45, 2.75) is 51.4 Å². The number of halogens is 2. The Morgan fingerprint density at radius 1 is 1.39 bits per heavy atom. The van der Waals surface area contributed by atoms with Crippen LogP contribution in [0.15, 0.2) is 17.7 Å². The maximum absolute atomic E-state index is 5.91. The fourth-order valence-electron chi connectivity index (χ4n) is 1.80. The van der Waals surface area contributed by atoms with Gasteiger partial charge in [-0.3, -0.25) is 6.08 Å². The predicted molar refractivity (Wildman–Crippen MR) is 68.7 cm³/mol. The summed E-state index contributed by atoms with van der Waals surface area (Å²) in [5, 5.41) is 0. The Morgan fingerprint density at radius 3 is 2.50 bits per heavy atom. The average molecular weight is 342 g/mol. The van der Waals surface area contributed by atoms with Crippen molar-refractivity contribution in [2.75, 3.05) is 6.61 Å². The fourth-order valence-corrected chi connectivity index (χ4v) is 3.15. The zero-order chi connectivity index (χ0) is 11.1. The van der Waals surface area contributed by atoms with Crippen LogP contribution in [0.4, 0.5) is 0 Å². The van der Waals surface area contributed by atoms with E-state index in [0.717, 1.165) is 25.9 Å². The Hall–Kier alpha value is 0.951. The van der Waals surface area contributed by atoms with E-state index in [1.807, 2.05) is 0 Å². The molecule has 1 aliphatic carbocycles. The number of hydrogen-bond acceptors (Lipinski definition) is 1. The van der Waals surface area contributed by atoms with E-state index in [1.54, 1.807) is 0 Å². The molecule has 1 aliphatic rings. The molecule has 0 aromatic rings. The predicted octanol–water partition coefficient (Wildman–Crippen LogP) is -2.72. The van der Waals surface area contributed by atoms with Crippen molar-refractivity contribution in [1.82, 2.24) is 0 Å². The van der Waals surface area contributed by atoms with E-state index < -0.39 is 8.80 Å². The minimum atomic E-state index is -0.665. The van der Waals surface area contributed by atoms with Gasteiger partial charge in [-0.2, -0.15) is 6.08 Å². The molecule has 0 saturated carbocycles. The zero-order valence-electron chi connectivity index (χ0n) is 11.5. The van der Waals surface area contributed by atoms with Crippen molar-refractivity contribution < 1.29 is 51.3 Å². The second kappa shape index (κ2) is 14.4. The zero-order valence-corrected chi connectivity index (χ0v) is 15.7. The summed E-state index contributed by atoms with van der Waals surface area (Å²) in [6.45, 7) is 7.86. The third-order valence-corrected chi connectivity index (χ3v) is 4.76. The minimum Gasteiger partial charge on any atom is -1.00 e. The van der Waals surface area contributed by atoms with Crippen molar-refractivity contribution in [1.29, 1.82) is 0 Å². The second-order valence-corrected chi connectivity index (χ2v) is 7.73. The molecule has 0 spiro atoms. The average Bonchev–Trinajstić information content (AvgIpc) is 2.70. The monoisotopic (exact) mass is 341 g/mol. The van der Waals surface area contributed by atoms with Gasteiger partial charge >= 0.3 is 21.7 Å².